The van der Waals surface area contributed by atoms with Crippen LogP contribution in [0.4, 0.5) is 0 Å². The van der Waals surface area contributed by atoms with Crippen LogP contribution in [0.2, 0.25) is 0 Å². The molecule has 0 amide bonds. The first-order chi connectivity index (χ1) is 33.0. The van der Waals surface area contributed by atoms with Crippen molar-refractivity contribution < 1.29 is 62.4 Å². The van der Waals surface area contributed by atoms with E-state index < -0.39 is 111 Å². The van der Waals surface area contributed by atoms with Gasteiger partial charge in [-0.15, -0.1) is 5.10 Å². The van der Waals surface area contributed by atoms with Gasteiger partial charge in [-0.25, -0.2) is 8.42 Å². The lowest BCUT2D eigenvalue weighted by atomic mass is 9.68. The maximum absolute atomic E-state index is 14.6. The monoisotopic (exact) mass is 1020 g/mol. The molecule has 1 unspecified atom stereocenters. The van der Waals surface area contributed by atoms with Crippen molar-refractivity contribution in [1.29, 1.82) is 0 Å². The first-order valence-electron chi connectivity index (χ1n) is 25.5. The molecular formula is C51H88N6O13S. The predicted molar refractivity (Wildman–Crippen MR) is 267 cm³/mol. The minimum absolute atomic E-state index is 0.177. The highest BCUT2D eigenvalue weighted by Gasteiger charge is 2.55. The molecule has 71 heavy (non-hydrogen) atoms. The molecule has 1 aromatic heterocycles. The summed E-state index contributed by atoms with van der Waals surface area (Å²) in [5, 5.41) is 72.1. The van der Waals surface area contributed by atoms with Crippen molar-refractivity contribution in [2.75, 3.05) is 47.1 Å². The molecule has 0 radical (unpaired) electrons. The summed E-state index contributed by atoms with van der Waals surface area (Å²) in [6.07, 6.45) is -3.77. The zero-order valence-electron chi connectivity index (χ0n) is 44.8. The van der Waals surface area contributed by atoms with E-state index >= 15 is 0 Å². The van der Waals surface area contributed by atoms with Gasteiger partial charge in [0.2, 0.25) is 0 Å². The molecule has 0 saturated carbocycles. The van der Waals surface area contributed by atoms with Gasteiger partial charge in [0.15, 0.2) is 16.1 Å². The summed E-state index contributed by atoms with van der Waals surface area (Å²) < 4.78 is 57.5. The summed E-state index contributed by atoms with van der Waals surface area (Å²) in [6.45, 7) is 20.6. The minimum Gasteiger partial charge on any atom is -0.459 e. The normalized spacial score (nSPS) is 39.7. The van der Waals surface area contributed by atoms with Crippen molar-refractivity contribution in [1.82, 2.24) is 30.1 Å². The second kappa shape index (κ2) is 24.3. The number of sulfone groups is 1. The molecule has 19 nitrogen and oxygen atoms in total. The van der Waals surface area contributed by atoms with Crippen LogP contribution in [0.25, 0.3) is 0 Å². The molecule has 0 aliphatic carbocycles. The van der Waals surface area contributed by atoms with E-state index in [-0.39, 0.29) is 36.2 Å². The third kappa shape index (κ3) is 14.4. The quantitative estimate of drug-likeness (QED) is 0.111. The number of hydrogen-bond acceptors (Lipinski definition) is 18. The largest absolute Gasteiger partial charge is 0.459 e. The number of esters is 1. The second-order valence-electron chi connectivity index (χ2n) is 22.1. The molecule has 20 heteroatoms. The smallest absolute Gasteiger partial charge is 0.309 e. The van der Waals surface area contributed by atoms with Crippen LogP contribution in [-0.4, -0.2) is 196 Å². The number of benzene rings is 1. The molecule has 3 aliphatic heterocycles. The molecule has 3 aliphatic rings. The van der Waals surface area contributed by atoms with Gasteiger partial charge in [-0.3, -0.25) is 9.48 Å². The number of aliphatic hydroxyl groups excluding tert-OH is 3. The maximum Gasteiger partial charge on any atom is 0.309 e. The third-order valence-corrected chi connectivity index (χ3v) is 17.1. The Morgan fingerprint density at radius 2 is 1.65 bits per heavy atom. The second-order valence-corrected chi connectivity index (χ2v) is 24.1. The van der Waals surface area contributed by atoms with Gasteiger partial charge in [0.05, 0.1) is 58.7 Å². The summed E-state index contributed by atoms with van der Waals surface area (Å²) in [5.74, 6) is -3.16. The lowest BCUT2D eigenvalue weighted by Crippen LogP contribution is -2.62. The molecule has 18 atom stereocenters. The fourth-order valence-electron chi connectivity index (χ4n) is 11.5. The summed E-state index contributed by atoms with van der Waals surface area (Å²) in [7, 11) is 2.06. The number of carbonyl (C=O) groups is 1. The number of carbonyl (C=O) groups excluding carboxylic acids is 1. The van der Waals surface area contributed by atoms with Crippen molar-refractivity contribution in [2.45, 2.75) is 203 Å². The number of likely N-dealkylation sites (N-methyl/N-ethyl adjacent to an activating group) is 2. The van der Waals surface area contributed by atoms with Gasteiger partial charge in [-0.05, 0) is 104 Å². The molecule has 4 heterocycles. The van der Waals surface area contributed by atoms with Crippen LogP contribution in [0.5, 0.6) is 0 Å². The Hall–Kier alpha value is -2.70. The first kappa shape index (κ1) is 59.2. The van der Waals surface area contributed by atoms with E-state index in [4.69, 9.17) is 23.7 Å². The van der Waals surface area contributed by atoms with Crippen LogP contribution in [0, 0.1) is 23.7 Å². The number of nitrogens with one attached hydrogen (secondary N) is 1. The number of rotatable bonds is 15. The molecule has 3 fully saturated rings. The molecular weight excluding hydrogens is 937 g/mol. The molecule has 406 valence electrons. The van der Waals surface area contributed by atoms with Gasteiger partial charge < -0.3 is 64.3 Å². The van der Waals surface area contributed by atoms with Gasteiger partial charge >= 0.3 is 5.97 Å². The Kier molecular flexibility index (Phi) is 20.3. The summed E-state index contributed by atoms with van der Waals surface area (Å²) in [4.78, 5) is 18.9. The lowest BCUT2D eigenvalue weighted by Gasteiger charge is -2.51. The van der Waals surface area contributed by atoms with Gasteiger partial charge in [0.1, 0.15) is 30.0 Å². The number of aromatic nitrogens is 3. The number of nitrogens with zero attached hydrogens (tertiary/aromatic N) is 5. The van der Waals surface area contributed by atoms with Crippen molar-refractivity contribution in [3.05, 3.63) is 41.7 Å². The van der Waals surface area contributed by atoms with Gasteiger partial charge in [-0.2, -0.15) is 0 Å². The fourth-order valence-corrected chi connectivity index (χ4v) is 12.1. The van der Waals surface area contributed by atoms with E-state index in [2.05, 4.69) is 20.5 Å². The van der Waals surface area contributed by atoms with Crippen molar-refractivity contribution in [3.8, 4) is 0 Å². The van der Waals surface area contributed by atoms with E-state index in [1.807, 2.05) is 52.9 Å². The molecule has 2 aromatic rings. The summed E-state index contributed by atoms with van der Waals surface area (Å²) >= 11 is 0. The highest BCUT2D eigenvalue weighted by atomic mass is 32.2. The molecule has 1 aromatic carbocycles. The van der Waals surface area contributed by atoms with E-state index in [0.717, 1.165) is 11.3 Å². The summed E-state index contributed by atoms with van der Waals surface area (Å²) in [5.41, 5.74) is -2.73. The van der Waals surface area contributed by atoms with E-state index in [1.54, 1.807) is 63.6 Å². The number of hydrogen-bond donors (Lipinski definition) is 6. The maximum atomic E-state index is 14.6. The topological polar surface area (TPSA) is 248 Å². The lowest BCUT2D eigenvalue weighted by molar-refractivity contribution is -0.302. The summed E-state index contributed by atoms with van der Waals surface area (Å²) in [6, 6.07) is 5.83. The van der Waals surface area contributed by atoms with E-state index in [9.17, 15) is 38.7 Å². The number of cyclic esters (lactones) is 1. The van der Waals surface area contributed by atoms with E-state index in [1.165, 1.54) is 20.3 Å². The van der Waals surface area contributed by atoms with Gasteiger partial charge in [-0.1, -0.05) is 45.0 Å². The fraction of sp³-hybridized carbons (Fsp3) is 0.824. The van der Waals surface area contributed by atoms with Crippen LogP contribution in [0.15, 0.2) is 35.4 Å². The van der Waals surface area contributed by atoms with Crippen LogP contribution in [0.1, 0.15) is 106 Å². The Bertz CT molecular complexity index is 2110. The highest BCUT2D eigenvalue weighted by molar-refractivity contribution is 7.90. The number of methoxy groups -OCH3 is 1. The molecule has 0 spiro atoms. The molecule has 0 bridgehead atoms. The van der Waals surface area contributed by atoms with Crippen LogP contribution < -0.4 is 5.32 Å². The van der Waals surface area contributed by atoms with Crippen molar-refractivity contribution >= 4 is 15.8 Å². The zero-order valence-corrected chi connectivity index (χ0v) is 45.6. The molecule has 3 saturated heterocycles. The van der Waals surface area contributed by atoms with E-state index in [0.29, 0.717) is 45.6 Å². The average Bonchev–Trinajstić information content (AvgIpc) is 3.76. The Balaban J connectivity index is 1.38. The molecule has 5 rings (SSSR count). The van der Waals surface area contributed by atoms with Crippen LogP contribution in [0.3, 0.4) is 0 Å². The predicted octanol–water partition coefficient (Wildman–Crippen LogP) is 2.57. The van der Waals surface area contributed by atoms with Gasteiger partial charge in [0, 0.05) is 76.6 Å². The third-order valence-electron chi connectivity index (χ3n) is 16.0. The Morgan fingerprint density at radius 3 is 2.27 bits per heavy atom. The Morgan fingerprint density at radius 1 is 0.986 bits per heavy atom. The average molecular weight is 1030 g/mol. The SMILES string of the molecule is CC[C@H]1OC(=O)[C@H](C)[C@@H](C2C[C@@](C)(OC)[C@@H](O)[C@H](C)O2)[C@H](C)[C@@H](O[C@@H]2O[C@H](C)C[C@H](N(C)CCc3cn(CCNCc4ccc(S(C)(=O)=O)cc4)nn3)[C@H]2O)[C@](C)(O)C[C@@H](C)CN(C)[C@H](C)[C@@H](O)[C@]1(C)O. The number of ether oxygens (including phenoxy) is 5. The highest BCUT2D eigenvalue weighted by Crippen LogP contribution is 2.45. The zero-order chi connectivity index (χ0) is 53.0. The number of aliphatic hydroxyl groups is 5. The van der Waals surface area contributed by atoms with Crippen molar-refractivity contribution in [2.24, 2.45) is 23.7 Å². The van der Waals surface area contributed by atoms with Crippen molar-refractivity contribution in [3.63, 3.8) is 0 Å². The van der Waals surface area contributed by atoms with Gasteiger partial charge in [0.25, 0.3) is 0 Å². The standard InChI is InChI=1S/C51H88N6O13S/c1-15-41-51(10,63)44(59)34(6)56(12)28-30(2)25-49(8,62)46(32(4)42(33(5)47(61)69-41)40-26-50(9,66-13)45(60)35(7)68-40)70-48-43(58)39(24-31(3)67-48)55(11)22-20-37-29-57(54-53-37)23-21-52-27-36-16-18-38(19-17-36)71(14,64)65/h16-19,29-35,39-46,48,52,58-60,62-63H,15,20-28H2,1-14H3/t30-,31-,32+,33-,34-,35+,39+,40?,41-,42+,43-,44-,45+,46-,48+,49-,50-,51-/m1/s1. The van der Waals surface area contributed by atoms with Crippen LogP contribution in [-0.2, 0) is 57.8 Å². The Labute approximate surface area is 422 Å². The van der Waals surface area contributed by atoms with Crippen LogP contribution >= 0.6 is 0 Å². The first-order valence-corrected chi connectivity index (χ1v) is 27.4. The minimum atomic E-state index is -3.26. The molecule has 6 N–H and O–H groups in total.